The topological polar surface area (TPSA) is 75.6 Å². The summed E-state index contributed by atoms with van der Waals surface area (Å²) in [6, 6.07) is 18.2. The lowest BCUT2D eigenvalue weighted by molar-refractivity contribution is 0.0696. The van der Waals surface area contributed by atoms with Gasteiger partial charge >= 0.3 is 12.1 Å². The number of aromatic carboxylic acids is 1. The normalized spacial score (nSPS) is 12.4. The number of hydrogen-bond donors (Lipinski definition) is 2. The number of halogens is 2. The third-order valence-electron chi connectivity index (χ3n) is 5.32. The van der Waals surface area contributed by atoms with E-state index in [1.165, 1.54) is 18.2 Å². The Kier molecular flexibility index (Phi) is 6.23. The number of alkyl carbamates (subject to hydrolysis) is 1. The van der Waals surface area contributed by atoms with Crippen LogP contribution in [0.5, 0.6) is 0 Å². The van der Waals surface area contributed by atoms with Gasteiger partial charge in [-0.3, -0.25) is 0 Å². The standard InChI is InChI=1S/C25H19ClFNO4/c26-22-12-15(23(27)13-20(22)24(29)30)6-5-11-28-25(31)32-14-21-18-9-3-1-7-16(18)17-8-2-4-10-19(17)21/h1-10,12-13,21H,11,14H2,(H,28,31)(H,29,30). The quantitative estimate of drug-likeness (QED) is 0.502. The van der Waals surface area contributed by atoms with Crippen molar-refractivity contribution in [1.29, 1.82) is 0 Å². The number of hydrogen-bond acceptors (Lipinski definition) is 3. The second-order valence-electron chi connectivity index (χ2n) is 7.27. The van der Waals surface area contributed by atoms with Crippen LogP contribution in [0.3, 0.4) is 0 Å². The monoisotopic (exact) mass is 451 g/mol. The van der Waals surface area contributed by atoms with Crippen LogP contribution in [-0.2, 0) is 4.74 Å². The van der Waals surface area contributed by atoms with Gasteiger partial charge in [-0.25, -0.2) is 14.0 Å². The lowest BCUT2D eigenvalue weighted by Crippen LogP contribution is -2.26. The lowest BCUT2D eigenvalue weighted by atomic mass is 9.98. The van der Waals surface area contributed by atoms with Gasteiger partial charge in [-0.15, -0.1) is 0 Å². The van der Waals surface area contributed by atoms with Crippen LogP contribution in [0.1, 0.15) is 33.0 Å². The van der Waals surface area contributed by atoms with E-state index >= 15 is 0 Å². The highest BCUT2D eigenvalue weighted by atomic mass is 35.5. The highest BCUT2D eigenvalue weighted by Crippen LogP contribution is 2.44. The number of nitrogens with one attached hydrogen (secondary N) is 1. The molecule has 0 atom stereocenters. The number of fused-ring (bicyclic) bond motifs is 3. The summed E-state index contributed by atoms with van der Waals surface area (Å²) < 4.78 is 19.5. The molecule has 0 heterocycles. The van der Waals surface area contributed by atoms with Crippen molar-refractivity contribution >= 4 is 29.7 Å². The van der Waals surface area contributed by atoms with Crippen molar-refractivity contribution in [3.8, 4) is 11.1 Å². The van der Waals surface area contributed by atoms with Crippen LogP contribution >= 0.6 is 11.6 Å². The second kappa shape index (κ2) is 9.24. The van der Waals surface area contributed by atoms with Crippen LogP contribution in [0.2, 0.25) is 5.02 Å². The van der Waals surface area contributed by atoms with E-state index in [0.717, 1.165) is 28.3 Å². The van der Waals surface area contributed by atoms with Crippen LogP contribution in [0.4, 0.5) is 9.18 Å². The fourth-order valence-corrected chi connectivity index (χ4v) is 4.08. The number of carbonyl (C=O) groups excluding carboxylic acids is 1. The van der Waals surface area contributed by atoms with Crippen LogP contribution in [-0.4, -0.2) is 30.3 Å². The summed E-state index contributed by atoms with van der Waals surface area (Å²) in [7, 11) is 0. The predicted octanol–water partition coefficient (Wildman–Crippen LogP) is 5.73. The highest BCUT2D eigenvalue weighted by Gasteiger charge is 2.28. The van der Waals surface area contributed by atoms with Crippen molar-refractivity contribution in [2.24, 2.45) is 0 Å². The first-order chi connectivity index (χ1) is 15.5. The van der Waals surface area contributed by atoms with Gasteiger partial charge in [0, 0.05) is 18.0 Å². The molecule has 5 nitrogen and oxygen atoms in total. The molecule has 0 unspecified atom stereocenters. The molecule has 0 saturated carbocycles. The maximum absolute atomic E-state index is 14.0. The third-order valence-corrected chi connectivity index (χ3v) is 5.63. The first-order valence-corrected chi connectivity index (χ1v) is 10.3. The lowest BCUT2D eigenvalue weighted by Gasteiger charge is -2.14. The first-order valence-electron chi connectivity index (χ1n) is 9.93. The van der Waals surface area contributed by atoms with Crippen LogP contribution < -0.4 is 5.32 Å². The summed E-state index contributed by atoms with van der Waals surface area (Å²) in [5, 5.41) is 11.5. The minimum atomic E-state index is -1.30. The summed E-state index contributed by atoms with van der Waals surface area (Å²) in [6.45, 7) is 0.304. The molecule has 0 radical (unpaired) electrons. The van der Waals surface area contributed by atoms with Crippen molar-refractivity contribution in [2.45, 2.75) is 5.92 Å². The molecule has 0 fully saturated rings. The molecule has 1 aliphatic carbocycles. The Morgan fingerprint density at radius 1 is 1.06 bits per heavy atom. The number of carboxylic acids is 1. The number of amides is 1. The van der Waals surface area contributed by atoms with E-state index in [-0.39, 0.29) is 35.2 Å². The zero-order valence-corrected chi connectivity index (χ0v) is 17.6. The Labute approximate surface area is 189 Å². The maximum Gasteiger partial charge on any atom is 0.407 e. The molecule has 3 aromatic rings. The molecule has 32 heavy (non-hydrogen) atoms. The highest BCUT2D eigenvalue weighted by molar-refractivity contribution is 6.33. The van der Waals surface area contributed by atoms with Gasteiger partial charge in [0.2, 0.25) is 0 Å². The smallest absolute Gasteiger partial charge is 0.407 e. The molecule has 3 aromatic carbocycles. The van der Waals surface area contributed by atoms with Gasteiger partial charge < -0.3 is 15.2 Å². The van der Waals surface area contributed by atoms with Crippen LogP contribution in [0.25, 0.3) is 17.2 Å². The Morgan fingerprint density at radius 3 is 2.31 bits per heavy atom. The zero-order valence-electron chi connectivity index (χ0n) is 16.8. The molecule has 2 N–H and O–H groups in total. The van der Waals surface area contributed by atoms with Gasteiger partial charge in [0.1, 0.15) is 12.4 Å². The van der Waals surface area contributed by atoms with Crippen LogP contribution in [0, 0.1) is 5.82 Å². The van der Waals surface area contributed by atoms with Crippen molar-refractivity contribution in [3.05, 3.63) is 99.8 Å². The molecule has 1 aliphatic rings. The molecule has 162 valence electrons. The van der Waals surface area contributed by atoms with E-state index in [1.807, 2.05) is 36.4 Å². The number of benzene rings is 3. The van der Waals surface area contributed by atoms with Gasteiger partial charge in [0.25, 0.3) is 0 Å². The molecule has 7 heteroatoms. The fraction of sp³-hybridized carbons (Fsp3) is 0.120. The molecule has 1 amide bonds. The minimum Gasteiger partial charge on any atom is -0.478 e. The largest absolute Gasteiger partial charge is 0.478 e. The van der Waals surface area contributed by atoms with Gasteiger partial charge in [-0.2, -0.15) is 0 Å². The Balaban J connectivity index is 1.34. The molecular weight excluding hydrogens is 433 g/mol. The summed E-state index contributed by atoms with van der Waals surface area (Å²) in [5.41, 5.74) is 4.36. The van der Waals surface area contributed by atoms with E-state index < -0.39 is 17.9 Å². The zero-order chi connectivity index (χ0) is 22.7. The second-order valence-corrected chi connectivity index (χ2v) is 7.67. The van der Waals surface area contributed by atoms with Crippen LogP contribution in [0.15, 0.2) is 66.7 Å². The Morgan fingerprint density at radius 2 is 1.69 bits per heavy atom. The molecule has 4 rings (SSSR count). The number of rotatable bonds is 6. The molecule has 0 aromatic heterocycles. The van der Waals surface area contributed by atoms with E-state index in [1.54, 1.807) is 0 Å². The number of carbonyl (C=O) groups is 2. The number of carboxylic acid groups (broad SMARTS) is 1. The summed E-state index contributed by atoms with van der Waals surface area (Å²) >= 11 is 5.86. The van der Waals surface area contributed by atoms with E-state index in [9.17, 15) is 14.0 Å². The van der Waals surface area contributed by atoms with Crippen molar-refractivity contribution < 1.29 is 23.8 Å². The summed E-state index contributed by atoms with van der Waals surface area (Å²) in [4.78, 5) is 23.1. The molecular formula is C25H19ClFNO4. The van der Waals surface area contributed by atoms with Crippen molar-refractivity contribution in [2.75, 3.05) is 13.2 Å². The van der Waals surface area contributed by atoms with Gasteiger partial charge in [0.05, 0.1) is 10.6 Å². The van der Waals surface area contributed by atoms with Crippen molar-refractivity contribution in [3.63, 3.8) is 0 Å². The Hall–Kier alpha value is -3.64. The number of ether oxygens (including phenoxy) is 1. The maximum atomic E-state index is 14.0. The molecule has 0 aliphatic heterocycles. The first kappa shape index (κ1) is 21.6. The summed E-state index contributed by atoms with van der Waals surface area (Å²) in [6.07, 6.45) is 2.35. The predicted molar refractivity (Wildman–Crippen MR) is 120 cm³/mol. The SMILES string of the molecule is O=C(NCC=Cc1cc(Cl)c(C(=O)O)cc1F)OCC1c2ccccc2-c2ccccc21. The third kappa shape index (κ3) is 4.36. The van der Waals surface area contributed by atoms with E-state index in [0.29, 0.717) is 0 Å². The average molecular weight is 452 g/mol. The minimum absolute atomic E-state index is 0.0346. The van der Waals surface area contributed by atoms with E-state index in [2.05, 4.69) is 17.4 Å². The van der Waals surface area contributed by atoms with Crippen molar-refractivity contribution in [1.82, 2.24) is 5.32 Å². The molecule has 0 spiro atoms. The Bertz CT molecular complexity index is 1180. The molecule has 0 saturated heterocycles. The summed E-state index contributed by atoms with van der Waals surface area (Å²) in [5.74, 6) is -2.06. The molecule has 0 bridgehead atoms. The van der Waals surface area contributed by atoms with Gasteiger partial charge in [-0.05, 0) is 34.4 Å². The van der Waals surface area contributed by atoms with E-state index in [4.69, 9.17) is 21.4 Å². The fourth-order valence-electron chi connectivity index (χ4n) is 3.83. The van der Waals surface area contributed by atoms with Gasteiger partial charge in [0.15, 0.2) is 0 Å². The van der Waals surface area contributed by atoms with Gasteiger partial charge in [-0.1, -0.05) is 72.3 Å². The average Bonchev–Trinajstić information content (AvgIpc) is 3.11.